The summed E-state index contributed by atoms with van der Waals surface area (Å²) in [4.78, 5) is 50.8. The zero-order valence-electron chi connectivity index (χ0n) is 21.1. The molecule has 5 aromatic rings. The van der Waals surface area contributed by atoms with E-state index in [0.29, 0.717) is 34.1 Å². The minimum atomic E-state index is -1.83. The van der Waals surface area contributed by atoms with Gasteiger partial charge in [-0.05, 0) is 49.4 Å². The van der Waals surface area contributed by atoms with Gasteiger partial charge in [-0.15, -0.1) is 6.58 Å². The molecule has 1 spiro atoms. The number of rotatable bonds is 5. The summed E-state index contributed by atoms with van der Waals surface area (Å²) in [5, 5.41) is 0.765. The maximum atomic E-state index is 14.6. The summed E-state index contributed by atoms with van der Waals surface area (Å²) in [6.07, 6.45) is 1.60. The third kappa shape index (κ3) is 3.13. The number of thiazole rings is 1. The highest BCUT2D eigenvalue weighted by Gasteiger charge is 2.66. The second-order valence-corrected chi connectivity index (χ2v) is 10.9. The van der Waals surface area contributed by atoms with E-state index in [4.69, 9.17) is 25.7 Å². The number of hydrogen-bond donors (Lipinski definition) is 0. The zero-order chi connectivity index (χ0) is 27.8. The molecular formula is C30H20ClN3O5S. The molecule has 8 nitrogen and oxygen atoms in total. The Kier molecular flexibility index (Phi) is 5.39. The van der Waals surface area contributed by atoms with Gasteiger partial charge in [-0.3, -0.25) is 19.3 Å². The van der Waals surface area contributed by atoms with Gasteiger partial charge in [-0.1, -0.05) is 47.2 Å². The minimum absolute atomic E-state index is 0.0504. The van der Waals surface area contributed by atoms with E-state index >= 15 is 0 Å². The lowest BCUT2D eigenvalue weighted by Crippen LogP contribution is -2.53. The van der Waals surface area contributed by atoms with Gasteiger partial charge in [-0.2, -0.15) is 0 Å². The van der Waals surface area contributed by atoms with Crippen molar-refractivity contribution >= 4 is 66.8 Å². The fourth-order valence-corrected chi connectivity index (χ4v) is 6.91. The Morgan fingerprint density at radius 3 is 2.75 bits per heavy atom. The molecule has 0 aliphatic carbocycles. The van der Waals surface area contributed by atoms with Gasteiger partial charge in [-0.25, -0.2) is 4.98 Å². The Bertz CT molecular complexity index is 1980. The second kappa shape index (κ2) is 8.77. The molecule has 198 valence electrons. The van der Waals surface area contributed by atoms with Gasteiger partial charge in [0, 0.05) is 17.1 Å². The maximum absolute atomic E-state index is 14.6. The minimum Gasteiger partial charge on any atom is -0.494 e. The summed E-state index contributed by atoms with van der Waals surface area (Å²) in [6, 6.07) is 17.2. The SMILES string of the molecule is C=CCN1C(=O)C2(c3ccccc31)c1c(oc3ccc(Cl)cc3c1=O)C(=O)N2c1nc2ccc(OCC)cc2s1. The molecule has 0 fully saturated rings. The molecule has 2 aromatic heterocycles. The second-order valence-electron chi connectivity index (χ2n) is 9.41. The highest BCUT2D eigenvalue weighted by Crippen LogP contribution is 2.54. The van der Waals surface area contributed by atoms with Gasteiger partial charge in [0.15, 0.2) is 16.1 Å². The molecule has 0 N–H and O–H groups in total. The Labute approximate surface area is 236 Å². The number of carbonyl (C=O) groups is 2. The number of anilines is 2. The van der Waals surface area contributed by atoms with Crippen LogP contribution in [0.2, 0.25) is 5.02 Å². The van der Waals surface area contributed by atoms with E-state index in [0.717, 1.165) is 4.70 Å². The summed E-state index contributed by atoms with van der Waals surface area (Å²) in [5.74, 6) is -0.631. The molecule has 7 rings (SSSR count). The first-order chi connectivity index (χ1) is 19.4. The van der Waals surface area contributed by atoms with E-state index in [9.17, 15) is 14.4 Å². The number of nitrogens with zero attached hydrogens (tertiary/aromatic N) is 3. The van der Waals surface area contributed by atoms with Crippen molar-refractivity contribution in [2.45, 2.75) is 12.5 Å². The lowest BCUT2D eigenvalue weighted by molar-refractivity contribution is -0.121. The van der Waals surface area contributed by atoms with Gasteiger partial charge < -0.3 is 14.1 Å². The third-order valence-electron chi connectivity index (χ3n) is 7.25. The van der Waals surface area contributed by atoms with Crippen LogP contribution in [0.1, 0.15) is 28.6 Å². The van der Waals surface area contributed by atoms with Crippen LogP contribution in [0.5, 0.6) is 5.75 Å². The van der Waals surface area contributed by atoms with Crippen molar-refractivity contribution in [1.29, 1.82) is 0 Å². The summed E-state index contributed by atoms with van der Waals surface area (Å²) < 4.78 is 12.5. The van der Waals surface area contributed by atoms with Crippen molar-refractivity contribution in [3.05, 3.63) is 105 Å². The first kappa shape index (κ1) is 24.6. The number of aromatic nitrogens is 1. The van der Waals surface area contributed by atoms with E-state index in [2.05, 4.69) is 6.58 Å². The van der Waals surface area contributed by atoms with Crippen LogP contribution >= 0.6 is 22.9 Å². The number of benzene rings is 3. The summed E-state index contributed by atoms with van der Waals surface area (Å²) in [6.45, 7) is 6.38. The van der Waals surface area contributed by atoms with Crippen LogP contribution in [0.15, 0.2) is 82.5 Å². The molecule has 0 saturated carbocycles. The Morgan fingerprint density at radius 1 is 1.12 bits per heavy atom. The lowest BCUT2D eigenvalue weighted by atomic mass is 9.84. The number of para-hydroxylation sites is 1. The number of carbonyl (C=O) groups excluding carboxylic acids is 2. The monoisotopic (exact) mass is 569 g/mol. The molecule has 10 heteroatoms. The van der Waals surface area contributed by atoms with Crippen LogP contribution in [-0.2, 0) is 10.3 Å². The Hall–Kier alpha value is -4.47. The molecule has 4 heterocycles. The molecule has 2 aliphatic rings. The molecule has 1 unspecified atom stereocenters. The average Bonchev–Trinajstić information content (AvgIpc) is 3.55. The summed E-state index contributed by atoms with van der Waals surface area (Å²) >= 11 is 7.47. The lowest BCUT2D eigenvalue weighted by Gasteiger charge is -2.32. The predicted molar refractivity (Wildman–Crippen MR) is 155 cm³/mol. The molecule has 2 amide bonds. The zero-order valence-corrected chi connectivity index (χ0v) is 22.7. The third-order valence-corrected chi connectivity index (χ3v) is 8.49. The van der Waals surface area contributed by atoms with Gasteiger partial charge >= 0.3 is 0 Å². The fourth-order valence-electron chi connectivity index (χ4n) is 5.69. The van der Waals surface area contributed by atoms with Crippen molar-refractivity contribution in [2.75, 3.05) is 23.0 Å². The van der Waals surface area contributed by atoms with E-state index in [-0.39, 0.29) is 34.0 Å². The molecule has 0 bridgehead atoms. The highest BCUT2D eigenvalue weighted by atomic mass is 35.5. The van der Waals surface area contributed by atoms with Crippen molar-refractivity contribution in [2.24, 2.45) is 0 Å². The smallest absolute Gasteiger partial charge is 0.297 e. The number of hydrogen-bond acceptors (Lipinski definition) is 7. The molecule has 0 saturated heterocycles. The standard InChI is InChI=1S/C30H20ClN3O5S/c1-3-13-33-21-8-6-5-7-19(21)30(28(33)37)24-25(35)18-14-16(31)9-12-22(18)39-26(24)27(36)34(30)29-32-20-11-10-17(38-4-2)15-23(20)40-29/h3,5-12,14-15H,1,4,13H2,2H3. The van der Waals surface area contributed by atoms with Crippen LogP contribution in [0.3, 0.4) is 0 Å². The number of amides is 2. The largest absolute Gasteiger partial charge is 0.494 e. The summed E-state index contributed by atoms with van der Waals surface area (Å²) in [7, 11) is 0. The van der Waals surface area contributed by atoms with Gasteiger partial charge in [0.05, 0.1) is 33.5 Å². The van der Waals surface area contributed by atoms with Crippen molar-refractivity contribution in [3.8, 4) is 5.75 Å². The van der Waals surface area contributed by atoms with Gasteiger partial charge in [0.1, 0.15) is 11.3 Å². The van der Waals surface area contributed by atoms with Crippen LogP contribution in [0.4, 0.5) is 10.8 Å². The Morgan fingerprint density at radius 2 is 1.95 bits per heavy atom. The van der Waals surface area contributed by atoms with Crippen molar-refractivity contribution < 1.29 is 18.7 Å². The van der Waals surface area contributed by atoms with Crippen LogP contribution in [0.25, 0.3) is 21.2 Å². The van der Waals surface area contributed by atoms with E-state index in [1.807, 2.05) is 13.0 Å². The van der Waals surface area contributed by atoms with E-state index in [1.54, 1.807) is 54.6 Å². The fraction of sp³-hybridized carbons (Fsp3) is 0.133. The molecule has 0 radical (unpaired) electrons. The first-order valence-electron chi connectivity index (χ1n) is 12.6. The van der Waals surface area contributed by atoms with Crippen LogP contribution in [-0.4, -0.2) is 29.9 Å². The first-order valence-corrected chi connectivity index (χ1v) is 13.8. The van der Waals surface area contributed by atoms with Crippen molar-refractivity contribution in [1.82, 2.24) is 4.98 Å². The molecule has 3 aromatic carbocycles. The molecule has 2 aliphatic heterocycles. The topological polar surface area (TPSA) is 93.0 Å². The number of fused-ring (bicyclic) bond motifs is 6. The quantitative estimate of drug-likeness (QED) is 0.245. The van der Waals surface area contributed by atoms with Crippen molar-refractivity contribution in [3.63, 3.8) is 0 Å². The van der Waals surface area contributed by atoms with E-state index < -0.39 is 22.8 Å². The number of ether oxygens (including phenoxy) is 1. The normalized spacial score (nSPS) is 17.8. The van der Waals surface area contributed by atoms with Gasteiger partial charge in [0.25, 0.3) is 11.8 Å². The maximum Gasteiger partial charge on any atom is 0.297 e. The Balaban J connectivity index is 1.58. The van der Waals surface area contributed by atoms with E-state index in [1.165, 1.54) is 27.2 Å². The highest BCUT2D eigenvalue weighted by molar-refractivity contribution is 7.22. The molecular weight excluding hydrogens is 550 g/mol. The summed E-state index contributed by atoms with van der Waals surface area (Å²) in [5.41, 5.74) is -0.505. The van der Waals surface area contributed by atoms with Crippen LogP contribution in [0, 0.1) is 0 Å². The molecule has 1 atom stereocenters. The van der Waals surface area contributed by atoms with Gasteiger partial charge in [0.2, 0.25) is 5.76 Å². The molecule has 40 heavy (non-hydrogen) atoms. The predicted octanol–water partition coefficient (Wildman–Crippen LogP) is 5.89. The number of halogens is 1. The van der Waals surface area contributed by atoms with Crippen LogP contribution < -0.4 is 20.0 Å². The average molecular weight is 570 g/mol.